The Bertz CT molecular complexity index is 393. The average Bonchev–Trinajstić information content (AvgIpc) is 2.78. The zero-order valence-corrected chi connectivity index (χ0v) is 9.86. The quantitative estimate of drug-likeness (QED) is 0.573. The molecule has 0 bridgehead atoms. The average molecular weight is 236 g/mol. The molecule has 5 heteroatoms. The molecule has 0 saturated heterocycles. The van der Waals surface area contributed by atoms with Gasteiger partial charge in [-0.05, 0) is 12.8 Å². The van der Waals surface area contributed by atoms with Crippen LogP contribution in [0.1, 0.15) is 35.5 Å². The summed E-state index contributed by atoms with van der Waals surface area (Å²) in [6.07, 6.45) is 7.62. The Balaban J connectivity index is 2.29. The lowest BCUT2D eigenvalue weighted by Gasteiger charge is -2.00. The molecule has 0 aromatic carbocycles. The van der Waals surface area contributed by atoms with E-state index in [0.717, 1.165) is 19.3 Å². The van der Waals surface area contributed by atoms with Crippen molar-refractivity contribution >= 4 is 5.91 Å². The molecule has 1 rings (SSSR count). The van der Waals surface area contributed by atoms with Crippen LogP contribution in [0.15, 0.2) is 10.6 Å². The van der Waals surface area contributed by atoms with E-state index in [1.165, 1.54) is 0 Å². The fraction of sp³-hybridized carbons (Fsp3) is 0.500. The second-order valence-corrected chi connectivity index (χ2v) is 3.53. The first-order valence-electron chi connectivity index (χ1n) is 5.44. The van der Waals surface area contributed by atoms with E-state index in [0.29, 0.717) is 18.9 Å². The minimum Gasteiger partial charge on any atom is -0.377 e. The van der Waals surface area contributed by atoms with Gasteiger partial charge < -0.3 is 14.6 Å². The lowest BCUT2D eigenvalue weighted by atomic mass is 10.2. The molecule has 0 aliphatic rings. The fourth-order valence-electron chi connectivity index (χ4n) is 1.27. The van der Waals surface area contributed by atoms with Gasteiger partial charge in [0.1, 0.15) is 6.61 Å². The van der Waals surface area contributed by atoms with Gasteiger partial charge in [-0.15, -0.1) is 12.3 Å². The van der Waals surface area contributed by atoms with Crippen LogP contribution in [0.5, 0.6) is 0 Å². The van der Waals surface area contributed by atoms with E-state index in [4.69, 9.17) is 15.7 Å². The van der Waals surface area contributed by atoms with Gasteiger partial charge in [0.2, 0.25) is 0 Å². The SMILES string of the molecule is C#CCCCCNC(=O)c1cc(COC)on1. The van der Waals surface area contributed by atoms with Crippen LogP contribution in [-0.4, -0.2) is 24.7 Å². The highest BCUT2D eigenvalue weighted by Gasteiger charge is 2.11. The number of amides is 1. The van der Waals surface area contributed by atoms with Gasteiger partial charge in [-0.1, -0.05) is 5.16 Å². The normalized spacial score (nSPS) is 9.88. The van der Waals surface area contributed by atoms with Gasteiger partial charge in [0.15, 0.2) is 11.5 Å². The van der Waals surface area contributed by atoms with Crippen LogP contribution in [0.4, 0.5) is 0 Å². The first-order valence-corrected chi connectivity index (χ1v) is 5.44. The largest absolute Gasteiger partial charge is 0.377 e. The molecule has 0 spiro atoms. The number of methoxy groups -OCH3 is 1. The molecule has 1 aromatic rings. The molecular weight excluding hydrogens is 220 g/mol. The number of carbonyl (C=O) groups is 1. The van der Waals surface area contributed by atoms with Crippen molar-refractivity contribution in [1.29, 1.82) is 0 Å². The van der Waals surface area contributed by atoms with Crippen LogP contribution in [0, 0.1) is 12.3 Å². The summed E-state index contributed by atoms with van der Waals surface area (Å²) in [7, 11) is 1.55. The maximum atomic E-state index is 11.6. The van der Waals surface area contributed by atoms with Crippen molar-refractivity contribution in [2.24, 2.45) is 0 Å². The number of hydrogen-bond donors (Lipinski definition) is 1. The topological polar surface area (TPSA) is 64.4 Å². The Kier molecular flexibility index (Phi) is 5.83. The summed E-state index contributed by atoms with van der Waals surface area (Å²) in [5.74, 6) is 2.84. The first kappa shape index (κ1) is 13.3. The summed E-state index contributed by atoms with van der Waals surface area (Å²) < 4.78 is 9.77. The van der Waals surface area contributed by atoms with E-state index in [2.05, 4.69) is 16.4 Å². The molecule has 0 aliphatic carbocycles. The van der Waals surface area contributed by atoms with Crippen molar-refractivity contribution in [3.63, 3.8) is 0 Å². The Morgan fingerprint density at radius 1 is 1.65 bits per heavy atom. The first-order chi connectivity index (χ1) is 8.27. The van der Waals surface area contributed by atoms with Gasteiger partial charge in [-0.25, -0.2) is 0 Å². The minimum absolute atomic E-state index is 0.239. The predicted octanol–water partition coefficient (Wildman–Crippen LogP) is 1.35. The summed E-state index contributed by atoms with van der Waals surface area (Å²) >= 11 is 0. The molecule has 17 heavy (non-hydrogen) atoms. The van der Waals surface area contributed by atoms with Gasteiger partial charge in [-0.2, -0.15) is 0 Å². The summed E-state index contributed by atoms with van der Waals surface area (Å²) in [6, 6.07) is 1.57. The summed E-state index contributed by atoms with van der Waals surface area (Å²) in [5.41, 5.74) is 0.272. The van der Waals surface area contributed by atoms with E-state index < -0.39 is 0 Å². The lowest BCUT2D eigenvalue weighted by Crippen LogP contribution is -2.24. The molecule has 92 valence electrons. The van der Waals surface area contributed by atoms with Crippen molar-refractivity contribution in [2.45, 2.75) is 25.9 Å². The Morgan fingerprint density at radius 3 is 3.18 bits per heavy atom. The number of unbranched alkanes of at least 4 members (excludes halogenated alkanes) is 2. The minimum atomic E-state index is -0.239. The number of hydrogen-bond acceptors (Lipinski definition) is 4. The molecule has 0 aliphatic heterocycles. The number of terminal acetylenes is 1. The van der Waals surface area contributed by atoms with Crippen molar-refractivity contribution < 1.29 is 14.1 Å². The molecule has 1 N–H and O–H groups in total. The smallest absolute Gasteiger partial charge is 0.273 e. The third-order valence-corrected chi connectivity index (χ3v) is 2.11. The third-order valence-electron chi connectivity index (χ3n) is 2.11. The van der Waals surface area contributed by atoms with Gasteiger partial charge in [-0.3, -0.25) is 4.79 Å². The predicted molar refractivity (Wildman–Crippen MR) is 62.2 cm³/mol. The van der Waals surface area contributed by atoms with Gasteiger partial charge >= 0.3 is 0 Å². The molecule has 0 radical (unpaired) electrons. The number of nitrogens with one attached hydrogen (secondary N) is 1. The number of aromatic nitrogens is 1. The molecule has 1 aromatic heterocycles. The second kappa shape index (κ2) is 7.47. The Labute approximate surface area is 101 Å². The van der Waals surface area contributed by atoms with Gasteiger partial charge in [0.25, 0.3) is 5.91 Å². The van der Waals surface area contributed by atoms with Crippen LogP contribution >= 0.6 is 0 Å². The van der Waals surface area contributed by atoms with E-state index in [1.807, 2.05) is 0 Å². The zero-order valence-electron chi connectivity index (χ0n) is 9.86. The summed E-state index contributed by atoms with van der Waals surface area (Å²) in [5, 5.41) is 6.39. The highest BCUT2D eigenvalue weighted by atomic mass is 16.5. The Hall–Kier alpha value is -1.80. The van der Waals surface area contributed by atoms with Crippen molar-refractivity contribution in [2.75, 3.05) is 13.7 Å². The van der Waals surface area contributed by atoms with Crippen LogP contribution in [0.2, 0.25) is 0 Å². The maximum absolute atomic E-state index is 11.6. The molecule has 0 fully saturated rings. The van der Waals surface area contributed by atoms with E-state index in [-0.39, 0.29) is 11.6 Å². The molecule has 0 atom stereocenters. The second-order valence-electron chi connectivity index (χ2n) is 3.53. The molecule has 1 amide bonds. The van der Waals surface area contributed by atoms with Gasteiger partial charge in [0.05, 0.1) is 0 Å². The van der Waals surface area contributed by atoms with E-state index >= 15 is 0 Å². The highest BCUT2D eigenvalue weighted by molar-refractivity contribution is 5.92. The number of ether oxygens (including phenoxy) is 1. The third kappa shape index (κ3) is 4.70. The van der Waals surface area contributed by atoms with Crippen LogP contribution in [-0.2, 0) is 11.3 Å². The molecule has 0 unspecified atom stereocenters. The number of rotatable bonds is 7. The molecule has 5 nitrogen and oxygen atoms in total. The maximum Gasteiger partial charge on any atom is 0.273 e. The standard InChI is InChI=1S/C12H16N2O3/c1-3-4-5-6-7-13-12(15)11-8-10(9-16-2)17-14-11/h1,8H,4-7,9H2,2H3,(H,13,15). The lowest BCUT2D eigenvalue weighted by molar-refractivity contribution is 0.0943. The monoisotopic (exact) mass is 236 g/mol. The van der Waals surface area contributed by atoms with E-state index in [9.17, 15) is 4.79 Å². The summed E-state index contributed by atoms with van der Waals surface area (Å²) in [6.45, 7) is 0.898. The number of nitrogens with zero attached hydrogens (tertiary/aromatic N) is 1. The van der Waals surface area contributed by atoms with Crippen LogP contribution in [0.3, 0.4) is 0 Å². The zero-order chi connectivity index (χ0) is 12.5. The molecular formula is C12H16N2O3. The van der Waals surface area contributed by atoms with Crippen molar-refractivity contribution in [3.8, 4) is 12.3 Å². The highest BCUT2D eigenvalue weighted by Crippen LogP contribution is 2.04. The summed E-state index contributed by atoms with van der Waals surface area (Å²) in [4.78, 5) is 11.6. The van der Waals surface area contributed by atoms with Gasteiger partial charge in [0, 0.05) is 26.1 Å². The Morgan fingerprint density at radius 2 is 2.47 bits per heavy atom. The molecule has 1 heterocycles. The fourth-order valence-corrected chi connectivity index (χ4v) is 1.27. The number of carbonyl (C=O) groups excluding carboxylic acids is 1. The van der Waals surface area contributed by atoms with Crippen LogP contribution < -0.4 is 5.32 Å². The molecule has 0 saturated carbocycles. The van der Waals surface area contributed by atoms with Crippen molar-refractivity contribution in [3.05, 3.63) is 17.5 Å². The van der Waals surface area contributed by atoms with Crippen molar-refractivity contribution in [1.82, 2.24) is 10.5 Å². The van der Waals surface area contributed by atoms with Crippen LogP contribution in [0.25, 0.3) is 0 Å². The van der Waals surface area contributed by atoms with E-state index in [1.54, 1.807) is 13.2 Å².